The zero-order chi connectivity index (χ0) is 14.0. The Labute approximate surface area is 112 Å². The molecule has 2 rings (SSSR count). The molecular formula is C15H20O4. The van der Waals surface area contributed by atoms with Crippen molar-refractivity contribution in [2.45, 2.75) is 51.4 Å². The highest BCUT2D eigenvalue weighted by Gasteiger charge is 2.28. The molecule has 1 saturated carbocycles. The summed E-state index contributed by atoms with van der Waals surface area (Å²) in [5.41, 5.74) is 1.45. The molecule has 4 heteroatoms. The van der Waals surface area contributed by atoms with E-state index < -0.39 is 11.7 Å². The zero-order valence-corrected chi connectivity index (χ0v) is 11.1. The van der Waals surface area contributed by atoms with Crippen molar-refractivity contribution in [2.24, 2.45) is 0 Å². The topological polar surface area (TPSA) is 77.8 Å². The van der Waals surface area contributed by atoms with Crippen molar-refractivity contribution in [3.8, 4) is 11.5 Å². The average molecular weight is 264 g/mol. The Balaban J connectivity index is 2.60. The van der Waals surface area contributed by atoms with Crippen molar-refractivity contribution in [1.82, 2.24) is 0 Å². The normalized spacial score (nSPS) is 16.5. The van der Waals surface area contributed by atoms with Crippen molar-refractivity contribution in [1.29, 1.82) is 0 Å². The molecule has 0 aliphatic heterocycles. The lowest BCUT2D eigenvalue weighted by Gasteiger charge is -2.26. The monoisotopic (exact) mass is 264 g/mol. The van der Waals surface area contributed by atoms with Crippen LogP contribution in [-0.4, -0.2) is 21.3 Å². The predicted octanol–water partition coefficient (Wildman–Crippen LogP) is 3.41. The third kappa shape index (κ3) is 2.53. The summed E-state index contributed by atoms with van der Waals surface area (Å²) in [5.74, 6) is -1.82. The SMILES string of the molecule is CCc1cc(O)c(O)c(C(=O)O)c1C1CCCCC1. The van der Waals surface area contributed by atoms with E-state index >= 15 is 0 Å². The van der Waals surface area contributed by atoms with Gasteiger partial charge in [-0.15, -0.1) is 0 Å². The van der Waals surface area contributed by atoms with Gasteiger partial charge in [0.05, 0.1) is 0 Å². The minimum absolute atomic E-state index is 0.108. The third-order valence-electron chi connectivity index (χ3n) is 4.01. The lowest BCUT2D eigenvalue weighted by atomic mass is 9.79. The van der Waals surface area contributed by atoms with Crippen molar-refractivity contribution in [2.75, 3.05) is 0 Å². The number of hydrogen-bond acceptors (Lipinski definition) is 3. The lowest BCUT2D eigenvalue weighted by Crippen LogP contribution is -2.13. The molecule has 104 valence electrons. The number of benzene rings is 1. The van der Waals surface area contributed by atoms with E-state index in [1.165, 1.54) is 12.5 Å². The van der Waals surface area contributed by atoms with Gasteiger partial charge in [0.15, 0.2) is 11.5 Å². The van der Waals surface area contributed by atoms with Crippen LogP contribution < -0.4 is 0 Å². The summed E-state index contributed by atoms with van der Waals surface area (Å²) in [5, 5.41) is 28.9. The fraction of sp³-hybridized carbons (Fsp3) is 0.533. The predicted molar refractivity (Wildman–Crippen MR) is 71.9 cm³/mol. The maximum Gasteiger partial charge on any atom is 0.339 e. The fourth-order valence-corrected chi connectivity index (χ4v) is 3.09. The number of aromatic hydroxyl groups is 2. The van der Waals surface area contributed by atoms with Gasteiger partial charge in [-0.2, -0.15) is 0 Å². The molecule has 0 atom stereocenters. The Morgan fingerprint density at radius 1 is 1.26 bits per heavy atom. The number of aromatic carboxylic acids is 1. The first-order valence-corrected chi connectivity index (χ1v) is 6.87. The molecule has 4 nitrogen and oxygen atoms in total. The molecule has 0 heterocycles. The number of carboxylic acids is 1. The Morgan fingerprint density at radius 3 is 2.42 bits per heavy atom. The molecule has 3 N–H and O–H groups in total. The van der Waals surface area contributed by atoms with Gasteiger partial charge in [0, 0.05) is 0 Å². The van der Waals surface area contributed by atoms with E-state index in [1.807, 2.05) is 6.92 Å². The Bertz CT molecular complexity index is 487. The highest BCUT2D eigenvalue weighted by molar-refractivity contribution is 5.94. The summed E-state index contributed by atoms with van der Waals surface area (Å²) < 4.78 is 0. The van der Waals surface area contributed by atoms with Gasteiger partial charge >= 0.3 is 5.97 Å². The quantitative estimate of drug-likeness (QED) is 0.731. The highest BCUT2D eigenvalue weighted by Crippen LogP contribution is 2.42. The van der Waals surface area contributed by atoms with Crippen molar-refractivity contribution >= 4 is 5.97 Å². The second kappa shape index (κ2) is 5.51. The summed E-state index contributed by atoms with van der Waals surface area (Å²) in [6, 6.07) is 1.51. The number of rotatable bonds is 3. The van der Waals surface area contributed by atoms with E-state index in [0.717, 1.165) is 36.8 Å². The molecule has 1 aromatic carbocycles. The van der Waals surface area contributed by atoms with Crippen molar-refractivity contribution in [3.05, 3.63) is 22.8 Å². The molecule has 0 bridgehead atoms. The Kier molecular flexibility index (Phi) is 3.98. The molecule has 0 saturated heterocycles. The number of carbonyl (C=O) groups is 1. The summed E-state index contributed by atoms with van der Waals surface area (Å²) in [6.07, 6.45) is 5.93. The van der Waals surface area contributed by atoms with Gasteiger partial charge in [-0.1, -0.05) is 26.2 Å². The van der Waals surface area contributed by atoms with Gasteiger partial charge < -0.3 is 15.3 Å². The molecule has 0 radical (unpaired) electrons. The van der Waals surface area contributed by atoms with E-state index in [4.69, 9.17) is 0 Å². The van der Waals surface area contributed by atoms with Crippen LogP contribution in [0.3, 0.4) is 0 Å². The van der Waals surface area contributed by atoms with E-state index in [2.05, 4.69) is 0 Å². The van der Waals surface area contributed by atoms with Crippen molar-refractivity contribution < 1.29 is 20.1 Å². The van der Waals surface area contributed by atoms with Gasteiger partial charge in [0.2, 0.25) is 0 Å². The van der Waals surface area contributed by atoms with Gasteiger partial charge in [-0.25, -0.2) is 4.79 Å². The van der Waals surface area contributed by atoms with Crippen molar-refractivity contribution in [3.63, 3.8) is 0 Å². The molecule has 0 aromatic heterocycles. The molecule has 0 spiro atoms. The van der Waals surface area contributed by atoms with Gasteiger partial charge in [0.1, 0.15) is 5.56 Å². The summed E-state index contributed by atoms with van der Waals surface area (Å²) >= 11 is 0. The first-order valence-electron chi connectivity index (χ1n) is 6.87. The zero-order valence-electron chi connectivity index (χ0n) is 11.1. The lowest BCUT2D eigenvalue weighted by molar-refractivity contribution is 0.0690. The fourth-order valence-electron chi connectivity index (χ4n) is 3.09. The van der Waals surface area contributed by atoms with E-state index in [-0.39, 0.29) is 17.2 Å². The summed E-state index contributed by atoms with van der Waals surface area (Å²) in [6.45, 7) is 1.93. The minimum atomic E-state index is -1.16. The first-order chi connectivity index (χ1) is 9.06. The largest absolute Gasteiger partial charge is 0.504 e. The van der Waals surface area contributed by atoms with Crippen LogP contribution in [0.2, 0.25) is 0 Å². The van der Waals surface area contributed by atoms with Crippen LogP contribution in [-0.2, 0) is 6.42 Å². The van der Waals surface area contributed by atoms with Crippen LogP contribution in [0.4, 0.5) is 0 Å². The number of hydrogen-bond donors (Lipinski definition) is 3. The molecular weight excluding hydrogens is 244 g/mol. The number of aryl methyl sites for hydroxylation is 1. The molecule has 1 aliphatic carbocycles. The highest BCUT2D eigenvalue weighted by atomic mass is 16.4. The first kappa shape index (κ1) is 13.7. The van der Waals surface area contributed by atoms with Crippen LogP contribution in [0.25, 0.3) is 0 Å². The number of phenolic OH excluding ortho intramolecular Hbond substituents is 1. The van der Waals surface area contributed by atoms with Crippen LogP contribution >= 0.6 is 0 Å². The third-order valence-corrected chi connectivity index (χ3v) is 4.01. The molecule has 1 fully saturated rings. The second-order valence-corrected chi connectivity index (χ2v) is 5.19. The maximum absolute atomic E-state index is 11.4. The van der Waals surface area contributed by atoms with Crippen LogP contribution in [0.5, 0.6) is 11.5 Å². The molecule has 0 amide bonds. The Hall–Kier alpha value is -1.71. The Morgan fingerprint density at radius 2 is 1.89 bits per heavy atom. The van der Waals surface area contributed by atoms with E-state index in [0.29, 0.717) is 6.42 Å². The van der Waals surface area contributed by atoms with Crippen LogP contribution in [0.15, 0.2) is 6.07 Å². The summed E-state index contributed by atoms with van der Waals surface area (Å²) in [7, 11) is 0. The maximum atomic E-state index is 11.4. The van der Waals surface area contributed by atoms with Crippen LogP contribution in [0.1, 0.15) is 66.4 Å². The van der Waals surface area contributed by atoms with Gasteiger partial charge in [-0.3, -0.25) is 0 Å². The molecule has 1 aliphatic rings. The number of carboxylic acid groups (broad SMARTS) is 1. The van der Waals surface area contributed by atoms with Gasteiger partial charge in [-0.05, 0) is 42.4 Å². The molecule has 0 unspecified atom stereocenters. The average Bonchev–Trinajstić information content (AvgIpc) is 2.41. The smallest absolute Gasteiger partial charge is 0.339 e. The van der Waals surface area contributed by atoms with E-state index in [1.54, 1.807) is 0 Å². The molecule has 1 aromatic rings. The second-order valence-electron chi connectivity index (χ2n) is 5.19. The van der Waals surface area contributed by atoms with E-state index in [9.17, 15) is 20.1 Å². The summed E-state index contributed by atoms with van der Waals surface area (Å²) in [4.78, 5) is 11.4. The van der Waals surface area contributed by atoms with Crippen LogP contribution in [0, 0.1) is 0 Å². The minimum Gasteiger partial charge on any atom is -0.504 e. The van der Waals surface area contributed by atoms with Gasteiger partial charge in [0.25, 0.3) is 0 Å². The standard InChI is InChI=1S/C15H20O4/c1-2-9-8-11(16)14(17)13(15(18)19)12(9)10-6-4-3-5-7-10/h8,10,16-17H,2-7H2,1H3,(H,18,19). The molecule has 19 heavy (non-hydrogen) atoms. The number of phenols is 2.